The summed E-state index contributed by atoms with van der Waals surface area (Å²) in [4.78, 5) is 23.0. The highest BCUT2D eigenvalue weighted by Crippen LogP contribution is 2.17. The molecular formula is C16H13F2NO4. The summed E-state index contributed by atoms with van der Waals surface area (Å²) < 4.78 is 31.3. The number of aliphatic carboxylic acids is 1. The van der Waals surface area contributed by atoms with Gasteiger partial charge in [0.25, 0.3) is 0 Å². The molecule has 5 nitrogen and oxygen atoms in total. The summed E-state index contributed by atoms with van der Waals surface area (Å²) in [6.45, 7) is 1.74. The summed E-state index contributed by atoms with van der Waals surface area (Å²) >= 11 is 0. The van der Waals surface area contributed by atoms with Crippen LogP contribution >= 0.6 is 0 Å². The smallest absolute Gasteiger partial charge is 0.330 e. The molecule has 0 spiro atoms. The van der Waals surface area contributed by atoms with Crippen LogP contribution < -0.4 is 5.32 Å². The number of carboxylic acids is 1. The Hall–Kier alpha value is -2.96. The van der Waals surface area contributed by atoms with Gasteiger partial charge in [0, 0.05) is 6.08 Å². The fourth-order valence-corrected chi connectivity index (χ4v) is 1.87. The Morgan fingerprint density at radius 3 is 2.52 bits per heavy atom. The Bertz CT molecular complexity index is 767. The first-order chi connectivity index (χ1) is 10.9. The van der Waals surface area contributed by atoms with Crippen LogP contribution in [0.3, 0.4) is 0 Å². The molecule has 2 rings (SSSR count). The van der Waals surface area contributed by atoms with Crippen molar-refractivity contribution in [2.24, 2.45) is 0 Å². The Labute approximate surface area is 130 Å². The molecule has 1 heterocycles. The zero-order valence-corrected chi connectivity index (χ0v) is 12.0. The lowest BCUT2D eigenvalue weighted by molar-refractivity contribution is -0.141. The van der Waals surface area contributed by atoms with E-state index in [4.69, 9.17) is 9.52 Å². The molecule has 1 amide bonds. The molecule has 0 fully saturated rings. The van der Waals surface area contributed by atoms with E-state index in [9.17, 15) is 18.4 Å². The molecule has 0 saturated carbocycles. The molecule has 0 aliphatic carbocycles. The number of benzene rings is 1. The maximum atomic E-state index is 13.2. The molecule has 7 heteroatoms. The van der Waals surface area contributed by atoms with Gasteiger partial charge in [-0.25, -0.2) is 13.6 Å². The van der Waals surface area contributed by atoms with Crippen molar-refractivity contribution in [1.29, 1.82) is 0 Å². The van der Waals surface area contributed by atoms with Crippen LogP contribution in [-0.4, -0.2) is 17.0 Å². The zero-order valence-electron chi connectivity index (χ0n) is 12.0. The van der Waals surface area contributed by atoms with Crippen molar-refractivity contribution in [2.45, 2.75) is 13.0 Å². The number of rotatable bonds is 5. The first-order valence-corrected chi connectivity index (χ1v) is 6.59. The molecular weight excluding hydrogens is 308 g/mol. The van der Waals surface area contributed by atoms with Crippen LogP contribution in [0, 0.1) is 18.6 Å². The van der Waals surface area contributed by atoms with Gasteiger partial charge in [-0.2, -0.15) is 0 Å². The third kappa shape index (κ3) is 4.26. The van der Waals surface area contributed by atoms with Crippen molar-refractivity contribution in [3.8, 4) is 0 Å². The fraction of sp³-hybridized carbons (Fsp3) is 0.125. The Balaban J connectivity index is 2.12. The molecule has 0 aliphatic heterocycles. The van der Waals surface area contributed by atoms with Gasteiger partial charge >= 0.3 is 5.97 Å². The zero-order chi connectivity index (χ0) is 17.0. The van der Waals surface area contributed by atoms with Crippen molar-refractivity contribution in [2.75, 3.05) is 0 Å². The highest BCUT2D eigenvalue weighted by atomic mass is 19.2. The maximum absolute atomic E-state index is 13.2. The first-order valence-electron chi connectivity index (χ1n) is 6.59. The quantitative estimate of drug-likeness (QED) is 0.830. The number of carboxylic acid groups (broad SMARTS) is 1. The second-order valence-electron chi connectivity index (χ2n) is 4.74. The summed E-state index contributed by atoms with van der Waals surface area (Å²) in [5, 5.41) is 11.4. The number of hydrogen-bond acceptors (Lipinski definition) is 3. The van der Waals surface area contributed by atoms with Crippen molar-refractivity contribution in [3.63, 3.8) is 0 Å². The largest absolute Gasteiger partial charge is 0.479 e. The van der Waals surface area contributed by atoms with Gasteiger partial charge in [-0.05, 0) is 42.8 Å². The van der Waals surface area contributed by atoms with Crippen LogP contribution in [0.4, 0.5) is 8.78 Å². The molecule has 1 aromatic carbocycles. The van der Waals surface area contributed by atoms with E-state index < -0.39 is 29.6 Å². The average molecular weight is 321 g/mol. The van der Waals surface area contributed by atoms with Crippen molar-refractivity contribution in [1.82, 2.24) is 5.32 Å². The van der Waals surface area contributed by atoms with E-state index >= 15 is 0 Å². The minimum Gasteiger partial charge on any atom is -0.479 e. The predicted molar refractivity (Wildman–Crippen MR) is 77.4 cm³/mol. The van der Waals surface area contributed by atoms with Crippen molar-refractivity contribution >= 4 is 18.0 Å². The second-order valence-corrected chi connectivity index (χ2v) is 4.74. The summed E-state index contributed by atoms with van der Waals surface area (Å²) in [7, 11) is 0. The summed E-state index contributed by atoms with van der Waals surface area (Å²) in [6.07, 6.45) is 2.46. The molecule has 0 unspecified atom stereocenters. The van der Waals surface area contributed by atoms with Gasteiger partial charge in [0.2, 0.25) is 5.91 Å². The Kier molecular flexibility index (Phi) is 4.90. The third-order valence-corrected chi connectivity index (χ3v) is 2.97. The van der Waals surface area contributed by atoms with Crippen LogP contribution in [0.1, 0.15) is 23.1 Å². The number of carbonyl (C=O) groups excluding carboxylic acids is 1. The van der Waals surface area contributed by atoms with E-state index in [0.29, 0.717) is 11.5 Å². The van der Waals surface area contributed by atoms with E-state index in [-0.39, 0.29) is 5.56 Å². The lowest BCUT2D eigenvalue weighted by Gasteiger charge is -2.13. The van der Waals surface area contributed by atoms with E-state index in [1.807, 2.05) is 0 Å². The van der Waals surface area contributed by atoms with Crippen molar-refractivity contribution in [3.05, 3.63) is 65.1 Å². The monoisotopic (exact) mass is 321 g/mol. The molecule has 0 bridgehead atoms. The molecule has 1 atom stereocenters. The van der Waals surface area contributed by atoms with E-state index in [1.54, 1.807) is 19.1 Å². The lowest BCUT2D eigenvalue weighted by Crippen LogP contribution is -2.32. The molecule has 2 aromatic rings. The Morgan fingerprint density at radius 1 is 1.22 bits per heavy atom. The molecule has 23 heavy (non-hydrogen) atoms. The first kappa shape index (κ1) is 16.4. The van der Waals surface area contributed by atoms with Crippen LogP contribution in [0.25, 0.3) is 6.08 Å². The van der Waals surface area contributed by atoms with Gasteiger partial charge in [0.15, 0.2) is 17.7 Å². The number of halogens is 2. The van der Waals surface area contributed by atoms with Gasteiger partial charge < -0.3 is 14.8 Å². The standard InChI is InChI=1S/C16H13F2NO4/c1-9-2-4-11(23-9)5-7-14(20)19-15(16(21)22)10-3-6-12(17)13(18)8-10/h2-8,15H,1H3,(H,19,20)(H,21,22)/b7-5+/t15-/m1/s1. The molecule has 0 aliphatic rings. The molecule has 2 N–H and O–H groups in total. The highest BCUT2D eigenvalue weighted by molar-refractivity contribution is 5.94. The normalized spacial score (nSPS) is 12.3. The summed E-state index contributed by atoms with van der Waals surface area (Å²) in [5.74, 6) is -3.31. The van der Waals surface area contributed by atoms with E-state index in [0.717, 1.165) is 24.3 Å². The number of nitrogens with one attached hydrogen (secondary N) is 1. The molecule has 0 saturated heterocycles. The molecule has 1 aromatic heterocycles. The van der Waals surface area contributed by atoms with Gasteiger partial charge in [0.05, 0.1) is 0 Å². The lowest BCUT2D eigenvalue weighted by atomic mass is 10.1. The van der Waals surface area contributed by atoms with Gasteiger partial charge in [-0.3, -0.25) is 4.79 Å². The topological polar surface area (TPSA) is 79.5 Å². The van der Waals surface area contributed by atoms with Crippen LogP contribution in [-0.2, 0) is 9.59 Å². The predicted octanol–water partition coefficient (Wildman–Crippen LogP) is 2.82. The minimum absolute atomic E-state index is 0.0769. The van der Waals surface area contributed by atoms with Gasteiger partial charge in [0.1, 0.15) is 11.5 Å². The number of amides is 1. The van der Waals surface area contributed by atoms with Gasteiger partial charge in [-0.15, -0.1) is 0 Å². The van der Waals surface area contributed by atoms with Crippen molar-refractivity contribution < 1.29 is 27.9 Å². The van der Waals surface area contributed by atoms with Gasteiger partial charge in [-0.1, -0.05) is 6.07 Å². The van der Waals surface area contributed by atoms with Crippen LogP contribution in [0.5, 0.6) is 0 Å². The fourth-order valence-electron chi connectivity index (χ4n) is 1.87. The Morgan fingerprint density at radius 2 is 1.96 bits per heavy atom. The second kappa shape index (κ2) is 6.87. The SMILES string of the molecule is Cc1ccc(/C=C/C(=O)N[C@@H](C(=O)O)c2ccc(F)c(F)c2)o1. The number of carbonyl (C=O) groups is 2. The number of furan rings is 1. The summed E-state index contributed by atoms with van der Waals surface area (Å²) in [5.41, 5.74) is -0.0769. The molecule has 120 valence electrons. The maximum Gasteiger partial charge on any atom is 0.330 e. The molecule has 0 radical (unpaired) electrons. The number of aryl methyl sites for hydroxylation is 1. The van der Waals surface area contributed by atoms with E-state index in [1.165, 1.54) is 6.08 Å². The highest BCUT2D eigenvalue weighted by Gasteiger charge is 2.22. The van der Waals surface area contributed by atoms with Crippen LogP contribution in [0.2, 0.25) is 0 Å². The van der Waals surface area contributed by atoms with Crippen LogP contribution in [0.15, 0.2) is 40.8 Å². The number of hydrogen-bond donors (Lipinski definition) is 2. The third-order valence-electron chi connectivity index (χ3n) is 2.97. The minimum atomic E-state index is -1.50. The average Bonchev–Trinajstić information content (AvgIpc) is 2.91. The van der Waals surface area contributed by atoms with E-state index in [2.05, 4.69) is 5.32 Å². The summed E-state index contributed by atoms with van der Waals surface area (Å²) in [6, 6.07) is 4.47.